The van der Waals surface area contributed by atoms with E-state index in [9.17, 15) is 13.2 Å². The molecule has 1 aromatic carbocycles. The Kier molecular flexibility index (Phi) is 4.02. The van der Waals surface area contributed by atoms with Gasteiger partial charge in [0.2, 0.25) is 0 Å². The fourth-order valence-corrected chi connectivity index (χ4v) is 3.15. The first kappa shape index (κ1) is 17.9. The van der Waals surface area contributed by atoms with Crippen LogP contribution in [-0.4, -0.2) is 25.7 Å². The lowest BCUT2D eigenvalue weighted by Crippen LogP contribution is -2.21. The van der Waals surface area contributed by atoms with Crippen LogP contribution in [0.4, 0.5) is 18.9 Å². The van der Waals surface area contributed by atoms with Crippen LogP contribution in [0, 0.1) is 0 Å². The molecule has 6 nitrogen and oxygen atoms in total. The van der Waals surface area contributed by atoms with E-state index in [2.05, 4.69) is 21.4 Å². The molecule has 1 aliphatic rings. The predicted octanol–water partition coefficient (Wildman–Crippen LogP) is 3.93. The average molecular weight is 387 g/mol. The third-order valence-electron chi connectivity index (χ3n) is 4.38. The molecule has 0 radical (unpaired) electrons. The number of halogens is 3. The molecule has 4 rings (SSSR count). The Morgan fingerprint density at radius 1 is 1.11 bits per heavy atom. The van der Waals surface area contributed by atoms with E-state index < -0.39 is 6.36 Å². The van der Waals surface area contributed by atoms with Gasteiger partial charge in [0.05, 0.1) is 23.9 Å². The SMILES string of the molecule is C=C1c2ncn(C)c2C(c2cnn(C)c2)=CN1c1ccc(OC(F)(F)F)cc1. The van der Waals surface area contributed by atoms with Gasteiger partial charge >= 0.3 is 6.36 Å². The number of fused-ring (bicyclic) bond motifs is 1. The molecule has 2 aromatic heterocycles. The molecule has 0 saturated carbocycles. The maximum Gasteiger partial charge on any atom is 0.573 e. The second-order valence-corrected chi connectivity index (χ2v) is 6.36. The molecule has 9 heteroatoms. The molecule has 0 amide bonds. The molecule has 0 fully saturated rings. The standard InChI is InChI=1S/C19H16F3N5O/c1-12-17-18(25(2)11-23-17)16(13-8-24-26(3)9-13)10-27(12)14-4-6-15(7-5-14)28-19(20,21)22/h4-11H,1H2,2-3H3. The van der Waals surface area contributed by atoms with Gasteiger partial charge in [-0.05, 0) is 24.3 Å². The summed E-state index contributed by atoms with van der Waals surface area (Å²) in [6, 6.07) is 5.61. The summed E-state index contributed by atoms with van der Waals surface area (Å²) >= 11 is 0. The molecule has 0 aliphatic carbocycles. The Morgan fingerprint density at radius 2 is 1.82 bits per heavy atom. The summed E-state index contributed by atoms with van der Waals surface area (Å²) in [4.78, 5) is 6.23. The normalized spacial score (nSPS) is 14.1. The van der Waals surface area contributed by atoms with Crippen molar-refractivity contribution in [2.45, 2.75) is 6.36 Å². The van der Waals surface area contributed by atoms with Gasteiger partial charge in [-0.15, -0.1) is 13.2 Å². The topological polar surface area (TPSA) is 48.1 Å². The van der Waals surface area contributed by atoms with Crippen LogP contribution in [0.5, 0.6) is 5.75 Å². The van der Waals surface area contributed by atoms with E-state index in [1.807, 2.05) is 31.1 Å². The number of aryl methyl sites for hydroxylation is 2. The van der Waals surface area contributed by atoms with Crippen LogP contribution in [0.1, 0.15) is 17.0 Å². The van der Waals surface area contributed by atoms with Crippen LogP contribution in [0.15, 0.2) is 55.8 Å². The number of imidazole rings is 1. The number of alkyl halides is 3. The van der Waals surface area contributed by atoms with E-state index in [1.54, 1.807) is 22.1 Å². The summed E-state index contributed by atoms with van der Waals surface area (Å²) in [6.45, 7) is 4.12. The Balaban J connectivity index is 1.76. The van der Waals surface area contributed by atoms with Crippen molar-refractivity contribution in [3.05, 3.63) is 72.7 Å². The molecular formula is C19H16F3N5O. The van der Waals surface area contributed by atoms with Gasteiger partial charge in [-0.1, -0.05) is 6.58 Å². The number of hydrogen-bond acceptors (Lipinski definition) is 4. The Labute approximate surface area is 158 Å². The Morgan fingerprint density at radius 3 is 2.43 bits per heavy atom. The van der Waals surface area contributed by atoms with Gasteiger partial charge < -0.3 is 14.2 Å². The highest BCUT2D eigenvalue weighted by Gasteiger charge is 2.31. The molecule has 28 heavy (non-hydrogen) atoms. The zero-order valence-corrected chi connectivity index (χ0v) is 15.1. The number of benzene rings is 1. The lowest BCUT2D eigenvalue weighted by molar-refractivity contribution is -0.274. The molecule has 0 atom stereocenters. The Bertz CT molecular complexity index is 1080. The Hall–Kier alpha value is -3.49. The summed E-state index contributed by atoms with van der Waals surface area (Å²) in [5.41, 5.74) is 4.61. The lowest BCUT2D eigenvalue weighted by Gasteiger charge is -2.28. The molecule has 0 saturated heterocycles. The lowest BCUT2D eigenvalue weighted by atomic mass is 10.00. The number of nitrogens with zero attached hydrogens (tertiary/aromatic N) is 5. The maximum absolute atomic E-state index is 12.4. The van der Waals surface area contributed by atoms with E-state index in [0.717, 1.165) is 16.8 Å². The summed E-state index contributed by atoms with van der Waals surface area (Å²) in [7, 11) is 3.72. The fourth-order valence-electron chi connectivity index (χ4n) is 3.15. The zero-order valence-electron chi connectivity index (χ0n) is 15.1. The van der Waals surface area contributed by atoms with Crippen molar-refractivity contribution in [1.82, 2.24) is 19.3 Å². The predicted molar refractivity (Wildman–Crippen MR) is 98.1 cm³/mol. The van der Waals surface area contributed by atoms with Crippen LogP contribution in [-0.2, 0) is 14.1 Å². The van der Waals surface area contributed by atoms with Gasteiger partial charge in [-0.2, -0.15) is 5.10 Å². The van der Waals surface area contributed by atoms with Crippen molar-refractivity contribution < 1.29 is 17.9 Å². The average Bonchev–Trinajstić information content (AvgIpc) is 3.22. The minimum Gasteiger partial charge on any atom is -0.406 e. The number of ether oxygens (including phenoxy) is 1. The zero-order chi connectivity index (χ0) is 20.1. The highest BCUT2D eigenvalue weighted by molar-refractivity contribution is 5.94. The molecule has 0 spiro atoms. The number of rotatable bonds is 3. The highest BCUT2D eigenvalue weighted by Crippen LogP contribution is 2.38. The van der Waals surface area contributed by atoms with E-state index in [4.69, 9.17) is 0 Å². The second kappa shape index (κ2) is 6.29. The molecule has 1 aliphatic heterocycles. The molecule has 3 heterocycles. The van der Waals surface area contributed by atoms with Crippen LogP contribution in [0.2, 0.25) is 0 Å². The van der Waals surface area contributed by atoms with Gasteiger partial charge in [0.15, 0.2) is 0 Å². The molecule has 0 bridgehead atoms. The first-order chi connectivity index (χ1) is 13.2. The quantitative estimate of drug-likeness (QED) is 0.683. The minimum absolute atomic E-state index is 0.283. The van der Waals surface area contributed by atoms with Gasteiger partial charge in [0.1, 0.15) is 11.4 Å². The van der Waals surface area contributed by atoms with Crippen LogP contribution in [0.3, 0.4) is 0 Å². The second-order valence-electron chi connectivity index (χ2n) is 6.36. The van der Waals surface area contributed by atoms with Gasteiger partial charge in [0.25, 0.3) is 0 Å². The molecule has 144 valence electrons. The number of anilines is 1. The number of hydrogen-bond donors (Lipinski definition) is 0. The highest BCUT2D eigenvalue weighted by atomic mass is 19.4. The van der Waals surface area contributed by atoms with Crippen LogP contribution in [0.25, 0.3) is 11.3 Å². The third kappa shape index (κ3) is 3.15. The van der Waals surface area contributed by atoms with Gasteiger partial charge in [-0.25, -0.2) is 4.98 Å². The first-order valence-corrected chi connectivity index (χ1v) is 8.30. The van der Waals surface area contributed by atoms with Crippen molar-refractivity contribution >= 4 is 17.0 Å². The van der Waals surface area contributed by atoms with E-state index >= 15 is 0 Å². The van der Waals surface area contributed by atoms with Crippen molar-refractivity contribution in [1.29, 1.82) is 0 Å². The molecular weight excluding hydrogens is 371 g/mol. The smallest absolute Gasteiger partial charge is 0.406 e. The van der Waals surface area contributed by atoms with Crippen molar-refractivity contribution in [2.24, 2.45) is 14.1 Å². The van der Waals surface area contributed by atoms with Gasteiger partial charge in [0, 0.05) is 43.3 Å². The largest absolute Gasteiger partial charge is 0.573 e. The molecule has 0 N–H and O–H groups in total. The number of aromatic nitrogens is 4. The van der Waals surface area contributed by atoms with Crippen molar-refractivity contribution in [2.75, 3.05) is 4.90 Å². The minimum atomic E-state index is -4.73. The fraction of sp³-hybridized carbons (Fsp3) is 0.158. The summed E-state index contributed by atoms with van der Waals surface area (Å²) in [6.07, 6.45) is 2.48. The summed E-state index contributed by atoms with van der Waals surface area (Å²) < 4.78 is 44.7. The third-order valence-corrected chi connectivity index (χ3v) is 4.38. The van der Waals surface area contributed by atoms with Gasteiger partial charge in [-0.3, -0.25) is 4.68 Å². The monoisotopic (exact) mass is 387 g/mol. The molecule has 3 aromatic rings. The maximum atomic E-state index is 12.4. The van der Waals surface area contributed by atoms with Crippen LogP contribution < -0.4 is 9.64 Å². The van der Waals surface area contributed by atoms with E-state index in [1.165, 1.54) is 24.3 Å². The van der Waals surface area contributed by atoms with E-state index in [0.29, 0.717) is 17.1 Å². The molecule has 0 unspecified atom stereocenters. The van der Waals surface area contributed by atoms with Crippen molar-refractivity contribution in [3.8, 4) is 5.75 Å². The summed E-state index contributed by atoms with van der Waals surface area (Å²) in [5.74, 6) is -0.283. The van der Waals surface area contributed by atoms with E-state index in [-0.39, 0.29) is 5.75 Å². The van der Waals surface area contributed by atoms with Crippen LogP contribution >= 0.6 is 0 Å². The first-order valence-electron chi connectivity index (χ1n) is 8.30. The van der Waals surface area contributed by atoms with Crippen molar-refractivity contribution in [3.63, 3.8) is 0 Å². The summed E-state index contributed by atoms with van der Waals surface area (Å²) in [5, 5.41) is 4.22.